The summed E-state index contributed by atoms with van der Waals surface area (Å²) in [6.07, 6.45) is 1.84. The molecule has 0 aliphatic heterocycles. The third-order valence-corrected chi connectivity index (χ3v) is 3.68. The number of nitrogens with zero attached hydrogens (tertiary/aromatic N) is 4. The van der Waals surface area contributed by atoms with Gasteiger partial charge in [-0.25, -0.2) is 4.79 Å². The summed E-state index contributed by atoms with van der Waals surface area (Å²) in [5, 5.41) is 7.29. The third-order valence-electron chi connectivity index (χ3n) is 3.68. The maximum atomic E-state index is 12.4. The summed E-state index contributed by atoms with van der Waals surface area (Å²) < 4.78 is 1.66. The summed E-state index contributed by atoms with van der Waals surface area (Å²) in [6.45, 7) is 8.88. The van der Waals surface area contributed by atoms with Gasteiger partial charge in [0, 0.05) is 39.2 Å². The number of aryl methyl sites for hydroxylation is 1. The molecule has 0 fully saturated rings. The zero-order valence-corrected chi connectivity index (χ0v) is 16.0. The van der Waals surface area contributed by atoms with E-state index in [4.69, 9.17) is 0 Å². The number of rotatable bonds is 6. The Bertz CT molecular complexity index is 572. The molecular formula is C17H31N5O2. The van der Waals surface area contributed by atoms with Gasteiger partial charge in [-0.05, 0) is 6.42 Å². The van der Waals surface area contributed by atoms with Crippen molar-refractivity contribution in [2.45, 2.75) is 46.0 Å². The molecule has 1 N–H and O–H groups in total. The van der Waals surface area contributed by atoms with Crippen molar-refractivity contribution in [2.24, 2.45) is 7.05 Å². The lowest BCUT2D eigenvalue weighted by molar-refractivity contribution is -0.116. The SMILES string of the molecule is CCCCN(CC(=O)Nc1cc(C(C)(C)C)nn1C)C(=O)N(C)C. The highest BCUT2D eigenvalue weighted by molar-refractivity contribution is 5.93. The second kappa shape index (κ2) is 8.17. The molecule has 0 spiro atoms. The Morgan fingerprint density at radius 1 is 1.29 bits per heavy atom. The smallest absolute Gasteiger partial charge is 0.319 e. The monoisotopic (exact) mass is 337 g/mol. The number of carbonyl (C=O) groups is 2. The summed E-state index contributed by atoms with van der Waals surface area (Å²) >= 11 is 0. The first kappa shape index (κ1) is 20.0. The van der Waals surface area contributed by atoms with Gasteiger partial charge in [-0.1, -0.05) is 34.1 Å². The molecule has 0 unspecified atom stereocenters. The van der Waals surface area contributed by atoms with Crippen LogP contribution in [0.3, 0.4) is 0 Å². The Morgan fingerprint density at radius 3 is 2.38 bits per heavy atom. The van der Waals surface area contributed by atoms with Crippen LogP contribution in [-0.2, 0) is 17.3 Å². The molecule has 7 heteroatoms. The first-order valence-electron chi connectivity index (χ1n) is 8.36. The van der Waals surface area contributed by atoms with Crippen LogP contribution in [0.1, 0.15) is 46.2 Å². The van der Waals surface area contributed by atoms with E-state index in [9.17, 15) is 9.59 Å². The lowest BCUT2D eigenvalue weighted by Gasteiger charge is -2.25. The van der Waals surface area contributed by atoms with Crippen molar-refractivity contribution >= 4 is 17.8 Å². The molecule has 0 aromatic carbocycles. The lowest BCUT2D eigenvalue weighted by Crippen LogP contribution is -2.44. The second-order valence-corrected chi connectivity index (χ2v) is 7.29. The molecule has 0 aliphatic rings. The predicted molar refractivity (Wildman–Crippen MR) is 96.1 cm³/mol. The van der Waals surface area contributed by atoms with Crippen LogP contribution in [0.15, 0.2) is 6.07 Å². The molecule has 0 aliphatic carbocycles. The van der Waals surface area contributed by atoms with Crippen LogP contribution in [-0.4, -0.2) is 58.7 Å². The fraction of sp³-hybridized carbons (Fsp3) is 0.706. The summed E-state index contributed by atoms with van der Waals surface area (Å²) in [5.41, 5.74) is 0.821. The molecule has 136 valence electrons. The minimum absolute atomic E-state index is 0.0348. The molecule has 1 aromatic heterocycles. The zero-order valence-electron chi connectivity index (χ0n) is 16.0. The number of aromatic nitrogens is 2. The largest absolute Gasteiger partial charge is 0.331 e. The van der Waals surface area contributed by atoms with Gasteiger partial charge in [0.1, 0.15) is 12.4 Å². The Hall–Kier alpha value is -2.05. The summed E-state index contributed by atoms with van der Waals surface area (Å²) in [4.78, 5) is 27.6. The van der Waals surface area contributed by atoms with Crippen molar-refractivity contribution in [1.82, 2.24) is 19.6 Å². The molecule has 0 bridgehead atoms. The number of amides is 3. The van der Waals surface area contributed by atoms with Crippen LogP contribution in [0.25, 0.3) is 0 Å². The van der Waals surface area contributed by atoms with E-state index in [-0.39, 0.29) is 23.9 Å². The van der Waals surface area contributed by atoms with Crippen LogP contribution in [0.4, 0.5) is 10.6 Å². The van der Waals surface area contributed by atoms with Gasteiger partial charge in [0.2, 0.25) is 5.91 Å². The summed E-state index contributed by atoms with van der Waals surface area (Å²) in [6, 6.07) is 1.72. The zero-order chi connectivity index (χ0) is 18.5. The molecule has 0 radical (unpaired) electrons. The van der Waals surface area contributed by atoms with Gasteiger partial charge in [0.05, 0.1) is 5.69 Å². The van der Waals surface area contributed by atoms with Crippen LogP contribution in [0.2, 0.25) is 0 Å². The molecule has 3 amide bonds. The van der Waals surface area contributed by atoms with E-state index in [1.54, 1.807) is 30.7 Å². The Kier molecular flexibility index (Phi) is 6.81. The molecule has 1 aromatic rings. The lowest BCUT2D eigenvalue weighted by atomic mass is 9.92. The van der Waals surface area contributed by atoms with E-state index in [0.29, 0.717) is 12.4 Å². The first-order valence-corrected chi connectivity index (χ1v) is 8.36. The summed E-state index contributed by atoms with van der Waals surface area (Å²) in [5.74, 6) is 0.419. The second-order valence-electron chi connectivity index (χ2n) is 7.29. The molecule has 0 saturated heterocycles. The quantitative estimate of drug-likeness (QED) is 0.867. The number of unbranched alkanes of at least 4 members (excludes halogenated alkanes) is 1. The maximum Gasteiger partial charge on any atom is 0.319 e. The number of anilines is 1. The molecule has 0 saturated carbocycles. The Morgan fingerprint density at radius 2 is 1.92 bits per heavy atom. The minimum Gasteiger partial charge on any atom is -0.331 e. The van der Waals surface area contributed by atoms with Crippen molar-refractivity contribution in [3.63, 3.8) is 0 Å². The van der Waals surface area contributed by atoms with Crippen molar-refractivity contribution < 1.29 is 9.59 Å². The highest BCUT2D eigenvalue weighted by Gasteiger charge is 2.22. The van der Waals surface area contributed by atoms with E-state index in [1.807, 2.05) is 6.07 Å². The first-order chi connectivity index (χ1) is 11.1. The topological polar surface area (TPSA) is 70.5 Å². The molecule has 1 rings (SSSR count). The number of urea groups is 1. The van der Waals surface area contributed by atoms with Crippen molar-refractivity contribution in [1.29, 1.82) is 0 Å². The van der Waals surface area contributed by atoms with Crippen LogP contribution in [0, 0.1) is 0 Å². The number of carbonyl (C=O) groups excluding carboxylic acids is 2. The van der Waals surface area contributed by atoms with Gasteiger partial charge in [-0.3, -0.25) is 9.48 Å². The van der Waals surface area contributed by atoms with Crippen molar-refractivity contribution in [3.05, 3.63) is 11.8 Å². The Labute approximate surface area is 145 Å². The highest BCUT2D eigenvalue weighted by atomic mass is 16.2. The number of nitrogens with one attached hydrogen (secondary N) is 1. The van der Waals surface area contributed by atoms with Gasteiger partial charge in [-0.2, -0.15) is 5.10 Å². The molecule has 24 heavy (non-hydrogen) atoms. The number of hydrogen-bond acceptors (Lipinski definition) is 3. The van der Waals surface area contributed by atoms with Gasteiger partial charge in [0.25, 0.3) is 0 Å². The third kappa shape index (κ3) is 5.54. The average Bonchev–Trinajstić information content (AvgIpc) is 2.83. The number of hydrogen-bond donors (Lipinski definition) is 1. The van der Waals surface area contributed by atoms with Gasteiger partial charge >= 0.3 is 6.03 Å². The van der Waals surface area contributed by atoms with E-state index >= 15 is 0 Å². The predicted octanol–water partition coefficient (Wildman–Crippen LogP) is 2.44. The van der Waals surface area contributed by atoms with E-state index < -0.39 is 0 Å². The fourth-order valence-corrected chi connectivity index (χ4v) is 2.18. The molecule has 0 atom stereocenters. The van der Waals surface area contributed by atoms with Crippen LogP contribution >= 0.6 is 0 Å². The van der Waals surface area contributed by atoms with Gasteiger partial charge in [-0.15, -0.1) is 0 Å². The maximum absolute atomic E-state index is 12.4. The van der Waals surface area contributed by atoms with Crippen molar-refractivity contribution in [3.8, 4) is 0 Å². The van der Waals surface area contributed by atoms with Gasteiger partial charge < -0.3 is 15.1 Å². The highest BCUT2D eigenvalue weighted by Crippen LogP contribution is 2.23. The fourth-order valence-electron chi connectivity index (χ4n) is 2.18. The van der Waals surface area contributed by atoms with E-state index in [0.717, 1.165) is 18.5 Å². The molecular weight excluding hydrogens is 306 g/mol. The summed E-state index contributed by atoms with van der Waals surface area (Å²) in [7, 11) is 5.18. The standard InChI is InChI=1S/C17H31N5O2/c1-8-9-10-22(16(24)20(5)6)12-15(23)18-14-11-13(17(2,3)4)19-21(14)7/h11H,8-10,12H2,1-7H3,(H,18,23). The normalized spacial score (nSPS) is 11.3. The minimum atomic E-state index is -0.218. The Balaban J connectivity index is 2.79. The van der Waals surface area contributed by atoms with Crippen LogP contribution in [0.5, 0.6) is 0 Å². The van der Waals surface area contributed by atoms with E-state index in [1.165, 1.54) is 4.90 Å². The van der Waals surface area contributed by atoms with Crippen LogP contribution < -0.4 is 5.32 Å². The van der Waals surface area contributed by atoms with Gasteiger partial charge in [0.15, 0.2) is 0 Å². The molecule has 1 heterocycles. The van der Waals surface area contributed by atoms with E-state index in [2.05, 4.69) is 38.1 Å². The molecule has 7 nitrogen and oxygen atoms in total. The average molecular weight is 337 g/mol. The van der Waals surface area contributed by atoms with Crippen molar-refractivity contribution in [2.75, 3.05) is 32.5 Å².